The van der Waals surface area contributed by atoms with Crippen LogP contribution in [0.5, 0.6) is 5.75 Å². The van der Waals surface area contributed by atoms with E-state index in [4.69, 9.17) is 27.9 Å². The second-order valence-corrected chi connectivity index (χ2v) is 13.3. The monoisotopic (exact) mass is 569 g/mol. The van der Waals surface area contributed by atoms with E-state index >= 15 is 0 Å². The smallest absolute Gasteiger partial charge is 0.162 e. The summed E-state index contributed by atoms with van der Waals surface area (Å²) in [4.78, 5) is 30.1. The molecule has 0 fully saturated rings. The number of carbonyl (C=O) groups is 2. The van der Waals surface area contributed by atoms with Gasteiger partial charge in [0.05, 0.1) is 5.02 Å². The number of rotatable bonds is 5. The Balaban J connectivity index is 1.74. The molecule has 7 heteroatoms. The molecule has 0 amide bonds. The maximum absolute atomic E-state index is 14.4. The summed E-state index contributed by atoms with van der Waals surface area (Å²) in [6.45, 7) is 11.1. The highest BCUT2D eigenvalue weighted by molar-refractivity contribution is 6.35. The SMILES string of the molecule is CCN1C2=C(C(=O)CC(C)(C)C2)C(c2cc(Cl)cc(Cl)c2OCc2ccccc2F)C2=C1CC(C)(C)CC2=O. The van der Waals surface area contributed by atoms with Crippen molar-refractivity contribution in [1.29, 1.82) is 0 Å². The normalized spacial score (nSPS) is 20.8. The fourth-order valence-electron chi connectivity index (χ4n) is 6.45. The highest BCUT2D eigenvalue weighted by Crippen LogP contribution is 2.56. The van der Waals surface area contributed by atoms with Crippen LogP contribution in [0.1, 0.15) is 77.3 Å². The van der Waals surface area contributed by atoms with Crippen molar-refractivity contribution in [2.45, 2.75) is 72.8 Å². The average Bonchev–Trinajstić information content (AvgIpc) is 2.81. The highest BCUT2D eigenvalue weighted by Gasteiger charge is 2.49. The molecule has 0 bridgehead atoms. The molecule has 5 rings (SSSR count). The van der Waals surface area contributed by atoms with Crippen molar-refractivity contribution >= 4 is 34.8 Å². The molecule has 206 valence electrons. The van der Waals surface area contributed by atoms with Crippen LogP contribution >= 0.6 is 23.2 Å². The van der Waals surface area contributed by atoms with Crippen LogP contribution in [0.3, 0.4) is 0 Å². The third-order valence-corrected chi connectivity index (χ3v) is 8.51. The first-order chi connectivity index (χ1) is 18.3. The molecule has 0 saturated carbocycles. The lowest BCUT2D eigenvalue weighted by molar-refractivity contribution is -0.119. The largest absolute Gasteiger partial charge is 0.487 e. The Kier molecular flexibility index (Phi) is 7.22. The summed E-state index contributed by atoms with van der Waals surface area (Å²) < 4.78 is 20.6. The van der Waals surface area contributed by atoms with E-state index in [1.54, 1.807) is 30.3 Å². The molecule has 0 saturated heterocycles. The zero-order chi connectivity index (χ0) is 28.3. The Morgan fingerprint density at radius 2 is 1.49 bits per heavy atom. The highest BCUT2D eigenvalue weighted by atomic mass is 35.5. The van der Waals surface area contributed by atoms with Gasteiger partial charge in [-0.05, 0) is 48.8 Å². The molecule has 39 heavy (non-hydrogen) atoms. The Hall–Kier alpha value is -2.63. The van der Waals surface area contributed by atoms with Gasteiger partial charge in [-0.25, -0.2) is 4.39 Å². The van der Waals surface area contributed by atoms with Crippen LogP contribution in [0.25, 0.3) is 0 Å². The maximum atomic E-state index is 14.4. The molecular weight excluding hydrogens is 536 g/mol. The molecule has 2 aromatic carbocycles. The topological polar surface area (TPSA) is 46.6 Å². The van der Waals surface area contributed by atoms with Gasteiger partial charge in [0.25, 0.3) is 0 Å². The molecule has 0 N–H and O–H groups in total. The van der Waals surface area contributed by atoms with Crippen LogP contribution in [0.4, 0.5) is 4.39 Å². The standard InChI is InChI=1S/C32H34Cl2FNO3/c1-6-36-23-13-31(2,3)15-25(37)28(23)27(29-24(36)14-32(4,5)16-26(29)38)20-11-19(33)12-21(34)30(20)39-17-18-9-7-8-10-22(18)35/h7-12,27H,6,13-17H2,1-5H3. The number of hydrogen-bond acceptors (Lipinski definition) is 4. The van der Waals surface area contributed by atoms with Gasteiger partial charge >= 0.3 is 0 Å². The summed E-state index contributed by atoms with van der Waals surface area (Å²) >= 11 is 13.3. The van der Waals surface area contributed by atoms with Crippen LogP contribution in [0, 0.1) is 16.6 Å². The maximum Gasteiger partial charge on any atom is 0.162 e. The minimum absolute atomic E-state index is 0.0186. The second kappa shape index (κ2) is 10.1. The Bertz CT molecular complexity index is 1380. The van der Waals surface area contributed by atoms with Gasteiger partial charge in [0.2, 0.25) is 0 Å². The van der Waals surface area contributed by atoms with Gasteiger partial charge in [0, 0.05) is 64.0 Å². The molecule has 0 aromatic heterocycles. The van der Waals surface area contributed by atoms with E-state index < -0.39 is 5.92 Å². The molecule has 4 nitrogen and oxygen atoms in total. The van der Waals surface area contributed by atoms with E-state index in [0.717, 1.165) is 11.4 Å². The van der Waals surface area contributed by atoms with Gasteiger partial charge in [0.1, 0.15) is 18.2 Å². The number of benzene rings is 2. The molecule has 2 aliphatic carbocycles. The van der Waals surface area contributed by atoms with Crippen molar-refractivity contribution in [2.75, 3.05) is 6.54 Å². The second-order valence-electron chi connectivity index (χ2n) is 12.5. The van der Waals surface area contributed by atoms with E-state index in [0.29, 0.717) is 65.3 Å². The predicted octanol–water partition coefficient (Wildman–Crippen LogP) is 8.42. The minimum Gasteiger partial charge on any atom is -0.487 e. The number of halogens is 3. The fraction of sp³-hybridized carbons (Fsp3) is 0.438. The van der Waals surface area contributed by atoms with Gasteiger partial charge in [-0.1, -0.05) is 69.1 Å². The first kappa shape index (κ1) is 27.9. The fourth-order valence-corrected chi connectivity index (χ4v) is 7.02. The molecule has 3 aliphatic rings. The summed E-state index contributed by atoms with van der Waals surface area (Å²) in [5.74, 6) is -0.690. The van der Waals surface area contributed by atoms with Crippen LogP contribution in [-0.2, 0) is 16.2 Å². The first-order valence-electron chi connectivity index (χ1n) is 13.5. The van der Waals surface area contributed by atoms with Gasteiger partial charge in [0.15, 0.2) is 11.6 Å². The van der Waals surface area contributed by atoms with E-state index in [1.165, 1.54) is 6.07 Å². The molecule has 2 aromatic rings. The number of ether oxygens (including phenoxy) is 1. The molecule has 1 heterocycles. The molecule has 0 atom stereocenters. The summed E-state index contributed by atoms with van der Waals surface area (Å²) in [5.41, 5.74) is 3.69. The number of ketones is 2. The average molecular weight is 571 g/mol. The molecule has 0 radical (unpaired) electrons. The molecule has 0 spiro atoms. The van der Waals surface area contributed by atoms with Crippen molar-refractivity contribution in [3.8, 4) is 5.75 Å². The molecular formula is C32H34Cl2FNO3. The van der Waals surface area contributed by atoms with Crippen LogP contribution in [-0.4, -0.2) is 23.0 Å². The lowest BCUT2D eigenvalue weighted by Crippen LogP contribution is -2.44. The van der Waals surface area contributed by atoms with Crippen molar-refractivity contribution < 1.29 is 18.7 Å². The lowest BCUT2D eigenvalue weighted by Gasteiger charge is -2.49. The number of hydrogen-bond donors (Lipinski definition) is 0. The van der Waals surface area contributed by atoms with Gasteiger partial charge in [-0.15, -0.1) is 0 Å². The Morgan fingerprint density at radius 1 is 0.923 bits per heavy atom. The van der Waals surface area contributed by atoms with E-state index in [2.05, 4.69) is 39.5 Å². The Morgan fingerprint density at radius 3 is 2.03 bits per heavy atom. The molecule has 0 unspecified atom stereocenters. The van der Waals surface area contributed by atoms with Crippen molar-refractivity contribution in [3.05, 3.63) is 85.9 Å². The van der Waals surface area contributed by atoms with E-state index in [9.17, 15) is 14.0 Å². The van der Waals surface area contributed by atoms with Gasteiger partial charge in [-0.3, -0.25) is 9.59 Å². The Labute approximate surface area is 239 Å². The lowest BCUT2D eigenvalue weighted by atomic mass is 9.63. The first-order valence-corrected chi connectivity index (χ1v) is 14.2. The van der Waals surface area contributed by atoms with Crippen molar-refractivity contribution in [3.63, 3.8) is 0 Å². The number of allylic oxidation sites excluding steroid dienone is 4. The van der Waals surface area contributed by atoms with Crippen LogP contribution in [0.15, 0.2) is 58.9 Å². The van der Waals surface area contributed by atoms with Crippen LogP contribution < -0.4 is 4.74 Å². The zero-order valence-corrected chi connectivity index (χ0v) is 24.6. The minimum atomic E-state index is -0.656. The summed E-state index contributed by atoms with van der Waals surface area (Å²) in [5, 5.41) is 0.630. The number of nitrogens with zero attached hydrogens (tertiary/aromatic N) is 1. The van der Waals surface area contributed by atoms with Crippen molar-refractivity contribution in [1.82, 2.24) is 4.90 Å². The predicted molar refractivity (Wildman–Crippen MR) is 152 cm³/mol. The summed E-state index contributed by atoms with van der Waals surface area (Å²) in [6.07, 6.45) is 2.18. The zero-order valence-electron chi connectivity index (χ0n) is 23.1. The van der Waals surface area contributed by atoms with E-state index in [1.807, 2.05) is 0 Å². The number of Topliss-reactive ketones (excluding diaryl/α,β-unsaturated/α-hetero) is 2. The van der Waals surface area contributed by atoms with Crippen LogP contribution in [0.2, 0.25) is 10.0 Å². The molecule has 1 aliphatic heterocycles. The summed E-state index contributed by atoms with van der Waals surface area (Å²) in [7, 11) is 0. The van der Waals surface area contributed by atoms with Gasteiger partial charge in [-0.2, -0.15) is 0 Å². The van der Waals surface area contributed by atoms with E-state index in [-0.39, 0.29) is 39.8 Å². The van der Waals surface area contributed by atoms with Gasteiger partial charge < -0.3 is 9.64 Å². The number of carbonyl (C=O) groups excluding carboxylic acids is 2. The van der Waals surface area contributed by atoms with Crippen molar-refractivity contribution in [2.24, 2.45) is 10.8 Å². The third-order valence-electron chi connectivity index (χ3n) is 8.02. The third kappa shape index (κ3) is 5.16. The summed E-state index contributed by atoms with van der Waals surface area (Å²) in [6, 6.07) is 9.71. The quantitative estimate of drug-likeness (QED) is 0.362.